The van der Waals surface area contributed by atoms with Gasteiger partial charge in [-0.05, 0) is 82.5 Å². The lowest BCUT2D eigenvalue weighted by Crippen LogP contribution is -2.34. The second kappa shape index (κ2) is 3.87. The molecule has 0 amide bonds. The summed E-state index contributed by atoms with van der Waals surface area (Å²) in [5.41, 5.74) is 3.59. The maximum Gasteiger partial charge on any atom is 0.0688 e. The van der Waals surface area contributed by atoms with E-state index in [1.54, 1.807) is 12.0 Å². The van der Waals surface area contributed by atoms with Crippen LogP contribution < -0.4 is 0 Å². The standard InChI is InChI=1S/C18H28O/c1-10-5-8-13(18(2,3)19-4)14(10)17-15-11-6-7-12(9-11)16(15)17/h11-13,15-17H,5-9H2,1-4H3. The van der Waals surface area contributed by atoms with Gasteiger partial charge in [-0.25, -0.2) is 0 Å². The topological polar surface area (TPSA) is 9.23 Å². The van der Waals surface area contributed by atoms with Crippen molar-refractivity contribution >= 4 is 0 Å². The lowest BCUT2D eigenvalue weighted by Gasteiger charge is -2.33. The quantitative estimate of drug-likeness (QED) is 0.682. The van der Waals surface area contributed by atoms with E-state index in [2.05, 4.69) is 20.8 Å². The Morgan fingerprint density at radius 2 is 1.68 bits per heavy atom. The van der Waals surface area contributed by atoms with Crippen molar-refractivity contribution in [2.75, 3.05) is 7.11 Å². The third-order valence-corrected chi connectivity index (χ3v) is 7.14. The zero-order chi connectivity index (χ0) is 13.4. The maximum atomic E-state index is 5.84. The Morgan fingerprint density at radius 1 is 1.05 bits per heavy atom. The van der Waals surface area contributed by atoms with Crippen LogP contribution in [0.15, 0.2) is 11.1 Å². The van der Waals surface area contributed by atoms with Crippen LogP contribution in [-0.4, -0.2) is 12.7 Å². The first-order valence-corrected chi connectivity index (χ1v) is 8.29. The Morgan fingerprint density at radius 3 is 2.26 bits per heavy atom. The SMILES string of the molecule is COC(C)(C)C1CCC(C)=C1C1C2C3CCC(C3)C12. The van der Waals surface area contributed by atoms with Crippen molar-refractivity contribution in [2.45, 2.75) is 58.5 Å². The Labute approximate surface area is 117 Å². The van der Waals surface area contributed by atoms with E-state index in [1.165, 1.54) is 25.7 Å². The van der Waals surface area contributed by atoms with Gasteiger partial charge in [0.25, 0.3) is 0 Å². The molecule has 0 saturated heterocycles. The lowest BCUT2D eigenvalue weighted by atomic mass is 9.80. The number of rotatable bonds is 3. The van der Waals surface area contributed by atoms with Gasteiger partial charge in [0.2, 0.25) is 0 Å². The summed E-state index contributed by atoms with van der Waals surface area (Å²) in [6.07, 6.45) is 7.28. The van der Waals surface area contributed by atoms with Gasteiger partial charge in [-0.15, -0.1) is 0 Å². The normalized spacial score (nSPS) is 48.0. The van der Waals surface area contributed by atoms with Crippen LogP contribution in [0, 0.1) is 35.5 Å². The molecule has 106 valence electrons. The van der Waals surface area contributed by atoms with Gasteiger partial charge in [-0.2, -0.15) is 0 Å². The molecule has 0 aromatic heterocycles. The van der Waals surface area contributed by atoms with Crippen molar-refractivity contribution in [1.82, 2.24) is 0 Å². The van der Waals surface area contributed by atoms with E-state index >= 15 is 0 Å². The molecule has 4 aliphatic carbocycles. The van der Waals surface area contributed by atoms with E-state index in [-0.39, 0.29) is 5.60 Å². The predicted octanol–water partition coefficient (Wildman–Crippen LogP) is 4.43. The molecule has 4 aliphatic rings. The van der Waals surface area contributed by atoms with E-state index in [1.807, 2.05) is 12.7 Å². The summed E-state index contributed by atoms with van der Waals surface area (Å²) in [5, 5.41) is 0. The molecule has 1 nitrogen and oxygen atoms in total. The molecule has 0 aromatic rings. The van der Waals surface area contributed by atoms with Gasteiger partial charge < -0.3 is 4.74 Å². The van der Waals surface area contributed by atoms with Crippen LogP contribution in [0.5, 0.6) is 0 Å². The lowest BCUT2D eigenvalue weighted by molar-refractivity contribution is -0.0172. The summed E-state index contributed by atoms with van der Waals surface area (Å²) < 4.78 is 5.84. The first-order chi connectivity index (χ1) is 9.04. The van der Waals surface area contributed by atoms with Gasteiger partial charge in [0.15, 0.2) is 0 Å². The zero-order valence-electron chi connectivity index (χ0n) is 12.9. The van der Waals surface area contributed by atoms with Gasteiger partial charge in [0.05, 0.1) is 5.60 Å². The smallest absolute Gasteiger partial charge is 0.0688 e. The maximum absolute atomic E-state index is 5.84. The largest absolute Gasteiger partial charge is 0.378 e. The highest BCUT2D eigenvalue weighted by molar-refractivity contribution is 5.35. The molecule has 0 N–H and O–H groups in total. The fraction of sp³-hybridized carbons (Fsp3) is 0.889. The summed E-state index contributed by atoms with van der Waals surface area (Å²) in [7, 11) is 1.89. The average molecular weight is 260 g/mol. The monoisotopic (exact) mass is 260 g/mol. The fourth-order valence-corrected chi connectivity index (χ4v) is 6.08. The summed E-state index contributed by atoms with van der Waals surface area (Å²) >= 11 is 0. The molecular formula is C18H28O. The van der Waals surface area contributed by atoms with Crippen molar-refractivity contribution in [3.63, 3.8) is 0 Å². The minimum absolute atomic E-state index is 0.0308. The Balaban J connectivity index is 1.62. The van der Waals surface area contributed by atoms with Crippen LogP contribution in [0.2, 0.25) is 0 Å². The number of allylic oxidation sites excluding steroid dienone is 1. The summed E-state index contributed by atoms with van der Waals surface area (Å²) in [6, 6.07) is 0. The summed E-state index contributed by atoms with van der Waals surface area (Å²) in [5.74, 6) is 5.99. The van der Waals surface area contributed by atoms with Crippen molar-refractivity contribution in [3.05, 3.63) is 11.1 Å². The molecule has 3 fully saturated rings. The van der Waals surface area contributed by atoms with E-state index < -0.39 is 0 Å². The molecular weight excluding hydrogens is 232 g/mol. The number of fused-ring (bicyclic) bond motifs is 5. The minimum Gasteiger partial charge on any atom is -0.378 e. The second-order valence-corrected chi connectivity index (χ2v) is 8.15. The Hall–Kier alpha value is -0.300. The third-order valence-electron chi connectivity index (χ3n) is 7.14. The molecule has 3 saturated carbocycles. The van der Waals surface area contributed by atoms with Crippen molar-refractivity contribution in [2.24, 2.45) is 35.5 Å². The number of hydrogen-bond donors (Lipinski definition) is 0. The summed E-state index contributed by atoms with van der Waals surface area (Å²) in [4.78, 5) is 0. The third kappa shape index (κ3) is 1.57. The van der Waals surface area contributed by atoms with Crippen LogP contribution in [0.1, 0.15) is 52.9 Å². The van der Waals surface area contributed by atoms with Crippen LogP contribution in [0.25, 0.3) is 0 Å². The number of hydrogen-bond acceptors (Lipinski definition) is 1. The summed E-state index contributed by atoms with van der Waals surface area (Å²) in [6.45, 7) is 6.99. The van der Waals surface area contributed by atoms with E-state index in [9.17, 15) is 0 Å². The van der Waals surface area contributed by atoms with Crippen LogP contribution >= 0.6 is 0 Å². The molecule has 0 spiro atoms. The first kappa shape index (κ1) is 12.4. The van der Waals surface area contributed by atoms with E-state index in [0.717, 1.165) is 29.6 Å². The molecule has 5 unspecified atom stereocenters. The Kier molecular flexibility index (Phi) is 2.54. The van der Waals surface area contributed by atoms with Gasteiger partial charge in [0, 0.05) is 13.0 Å². The molecule has 0 aliphatic heterocycles. The molecule has 0 heterocycles. The molecule has 2 bridgehead atoms. The molecule has 19 heavy (non-hydrogen) atoms. The van der Waals surface area contributed by atoms with Gasteiger partial charge in [-0.3, -0.25) is 0 Å². The second-order valence-electron chi connectivity index (χ2n) is 8.15. The van der Waals surface area contributed by atoms with E-state index in [4.69, 9.17) is 4.74 Å². The average Bonchev–Trinajstić information content (AvgIpc) is 2.76. The van der Waals surface area contributed by atoms with Crippen molar-refractivity contribution in [1.29, 1.82) is 0 Å². The molecule has 0 aromatic carbocycles. The predicted molar refractivity (Wildman–Crippen MR) is 77.8 cm³/mol. The van der Waals surface area contributed by atoms with Gasteiger partial charge >= 0.3 is 0 Å². The van der Waals surface area contributed by atoms with Crippen molar-refractivity contribution in [3.8, 4) is 0 Å². The Bertz CT molecular complexity index is 417. The highest BCUT2D eigenvalue weighted by atomic mass is 16.5. The highest BCUT2D eigenvalue weighted by Gasteiger charge is 2.67. The van der Waals surface area contributed by atoms with Crippen LogP contribution in [0.3, 0.4) is 0 Å². The van der Waals surface area contributed by atoms with Crippen LogP contribution in [-0.2, 0) is 4.74 Å². The van der Waals surface area contributed by atoms with Crippen LogP contribution in [0.4, 0.5) is 0 Å². The number of ether oxygens (including phenoxy) is 1. The molecule has 1 heteroatoms. The molecule has 0 radical (unpaired) electrons. The highest BCUT2D eigenvalue weighted by Crippen LogP contribution is 2.73. The van der Waals surface area contributed by atoms with Crippen molar-refractivity contribution < 1.29 is 4.74 Å². The van der Waals surface area contributed by atoms with E-state index in [0.29, 0.717) is 5.92 Å². The number of methoxy groups -OCH3 is 1. The van der Waals surface area contributed by atoms with Gasteiger partial charge in [-0.1, -0.05) is 11.1 Å². The first-order valence-electron chi connectivity index (χ1n) is 8.29. The minimum atomic E-state index is 0.0308. The van der Waals surface area contributed by atoms with Gasteiger partial charge in [0.1, 0.15) is 0 Å². The molecule has 5 atom stereocenters. The molecule has 4 rings (SSSR count). The fourth-order valence-electron chi connectivity index (χ4n) is 6.08. The zero-order valence-corrected chi connectivity index (χ0v) is 12.9.